The van der Waals surface area contributed by atoms with E-state index < -0.39 is 15.6 Å². The van der Waals surface area contributed by atoms with Gasteiger partial charge in [0.25, 0.3) is 0 Å². The van der Waals surface area contributed by atoms with Crippen LogP contribution < -0.4 is 0 Å². The van der Waals surface area contributed by atoms with Gasteiger partial charge in [0.05, 0.1) is 0 Å². The maximum absolute atomic E-state index is 12.4. The molecule has 0 aromatic rings. The molecular weight excluding hydrogens is 305 g/mol. The Balaban J connectivity index is 2.35. The lowest BCUT2D eigenvalue weighted by atomic mass is 9.75. The molecule has 0 radical (unpaired) electrons. The molecule has 0 amide bonds. The highest BCUT2D eigenvalue weighted by molar-refractivity contribution is 7.87. The molecule has 0 bridgehead atoms. The number of fused-ring (bicyclic) bond motifs is 1. The molecule has 1 unspecified atom stereocenters. The summed E-state index contributed by atoms with van der Waals surface area (Å²) in [6.45, 7) is 6.14. The van der Waals surface area contributed by atoms with Crippen molar-refractivity contribution in [2.45, 2.75) is 52.0 Å². The van der Waals surface area contributed by atoms with Gasteiger partial charge in [-0.25, -0.2) is 0 Å². The van der Waals surface area contributed by atoms with Crippen molar-refractivity contribution >= 4 is 10.1 Å². The number of hydrogen-bond acceptors (Lipinski definition) is 3. The van der Waals surface area contributed by atoms with Crippen molar-refractivity contribution < 1.29 is 25.8 Å². The zero-order valence-corrected chi connectivity index (χ0v) is 13.1. The maximum Gasteiger partial charge on any atom is 0.534 e. The Morgan fingerprint density at radius 1 is 1.24 bits per heavy atom. The summed E-state index contributed by atoms with van der Waals surface area (Å²) in [5, 5.41) is 0. The van der Waals surface area contributed by atoms with Gasteiger partial charge in [0, 0.05) is 6.42 Å². The van der Waals surface area contributed by atoms with Crippen LogP contribution in [0.5, 0.6) is 0 Å². The van der Waals surface area contributed by atoms with Crippen molar-refractivity contribution in [3.63, 3.8) is 0 Å². The molecule has 0 N–H and O–H groups in total. The molecule has 2 aliphatic rings. The summed E-state index contributed by atoms with van der Waals surface area (Å²) in [4.78, 5) is 0. The Morgan fingerprint density at radius 2 is 1.81 bits per heavy atom. The van der Waals surface area contributed by atoms with Crippen molar-refractivity contribution in [3.8, 4) is 0 Å². The van der Waals surface area contributed by atoms with Gasteiger partial charge in [-0.1, -0.05) is 26.3 Å². The number of halogens is 3. The number of hydrogen-bond donors (Lipinski definition) is 0. The molecule has 0 saturated carbocycles. The van der Waals surface area contributed by atoms with Crippen LogP contribution >= 0.6 is 0 Å². The van der Waals surface area contributed by atoms with Gasteiger partial charge in [0.2, 0.25) is 0 Å². The second-order valence-corrected chi connectivity index (χ2v) is 7.79. The van der Waals surface area contributed by atoms with Crippen LogP contribution in [0.25, 0.3) is 0 Å². The van der Waals surface area contributed by atoms with Crippen molar-refractivity contribution in [3.05, 3.63) is 23.0 Å². The first-order valence-corrected chi connectivity index (χ1v) is 8.32. The summed E-state index contributed by atoms with van der Waals surface area (Å²) in [6.07, 6.45) is 4.18. The zero-order chi connectivity index (χ0) is 16.1. The molecular formula is C14H19F3O3S. The Labute approximate surface area is 123 Å². The predicted molar refractivity (Wildman–Crippen MR) is 72.6 cm³/mol. The zero-order valence-electron chi connectivity index (χ0n) is 12.3. The molecule has 0 saturated heterocycles. The quantitative estimate of drug-likeness (QED) is 0.575. The Morgan fingerprint density at radius 3 is 2.33 bits per heavy atom. The molecule has 7 heteroatoms. The molecule has 3 nitrogen and oxygen atoms in total. The van der Waals surface area contributed by atoms with Gasteiger partial charge in [-0.3, -0.25) is 0 Å². The van der Waals surface area contributed by atoms with Crippen LogP contribution in [0.4, 0.5) is 13.2 Å². The van der Waals surface area contributed by atoms with Crippen molar-refractivity contribution in [2.75, 3.05) is 0 Å². The highest BCUT2D eigenvalue weighted by Gasteiger charge is 2.49. The summed E-state index contributed by atoms with van der Waals surface area (Å²) in [5.74, 6) is 0.177. The minimum atomic E-state index is -5.57. The third-order valence-corrected chi connectivity index (χ3v) is 5.37. The molecule has 120 valence electrons. The van der Waals surface area contributed by atoms with Crippen LogP contribution in [-0.4, -0.2) is 13.9 Å². The Hall–Kier alpha value is -0.980. The first-order valence-electron chi connectivity index (χ1n) is 6.91. The first-order chi connectivity index (χ1) is 9.46. The van der Waals surface area contributed by atoms with E-state index in [1.54, 1.807) is 0 Å². The van der Waals surface area contributed by atoms with E-state index in [-0.39, 0.29) is 23.5 Å². The molecule has 0 heterocycles. The second kappa shape index (κ2) is 5.04. The van der Waals surface area contributed by atoms with Gasteiger partial charge in [-0.15, -0.1) is 0 Å². The largest absolute Gasteiger partial charge is 0.534 e. The molecule has 2 rings (SSSR count). The number of alkyl halides is 3. The topological polar surface area (TPSA) is 43.4 Å². The molecule has 0 aromatic carbocycles. The maximum atomic E-state index is 12.4. The number of allylic oxidation sites excluding steroid dienone is 4. The lowest BCUT2D eigenvalue weighted by Crippen LogP contribution is -2.27. The van der Waals surface area contributed by atoms with Gasteiger partial charge >= 0.3 is 15.6 Å². The van der Waals surface area contributed by atoms with Crippen molar-refractivity contribution in [2.24, 2.45) is 11.3 Å². The van der Waals surface area contributed by atoms with E-state index in [0.717, 1.165) is 18.4 Å². The SMILES string of the molecule is CC(C)C1=C2C=C(OS(=O)(=O)C(F)(F)F)CCC2(C)CC1. The standard InChI is InChI=1S/C14H19F3O3S/c1-9(2)11-5-7-13(3)6-4-10(8-12(11)13)20-21(18,19)14(15,16)17/h8-9H,4-7H2,1-3H3. The van der Waals surface area contributed by atoms with Crippen molar-refractivity contribution in [1.29, 1.82) is 0 Å². The first kappa shape index (κ1) is 16.4. The average molecular weight is 324 g/mol. The van der Waals surface area contributed by atoms with E-state index in [1.807, 2.05) is 13.8 Å². The third kappa shape index (κ3) is 2.98. The summed E-state index contributed by atoms with van der Waals surface area (Å²) in [6, 6.07) is 0. The second-order valence-electron chi connectivity index (χ2n) is 6.25. The molecule has 0 spiro atoms. The smallest absolute Gasteiger partial charge is 0.381 e. The fraction of sp³-hybridized carbons (Fsp3) is 0.714. The van der Waals surface area contributed by atoms with E-state index in [4.69, 9.17) is 0 Å². The summed E-state index contributed by atoms with van der Waals surface area (Å²) in [5.41, 5.74) is -3.33. The van der Waals surface area contributed by atoms with E-state index >= 15 is 0 Å². The van der Waals surface area contributed by atoms with Crippen LogP contribution in [0, 0.1) is 11.3 Å². The van der Waals surface area contributed by atoms with Crippen LogP contribution in [0.1, 0.15) is 46.5 Å². The molecule has 1 atom stereocenters. The summed E-state index contributed by atoms with van der Waals surface area (Å²) >= 11 is 0. The van der Waals surface area contributed by atoms with Crippen LogP contribution in [-0.2, 0) is 14.3 Å². The average Bonchev–Trinajstić information content (AvgIpc) is 2.64. The van der Waals surface area contributed by atoms with Crippen LogP contribution in [0.2, 0.25) is 0 Å². The molecule has 2 aliphatic carbocycles. The van der Waals surface area contributed by atoms with E-state index in [1.165, 1.54) is 11.6 Å². The van der Waals surface area contributed by atoms with Crippen LogP contribution in [0.3, 0.4) is 0 Å². The fourth-order valence-corrected chi connectivity index (χ4v) is 3.59. The highest BCUT2D eigenvalue weighted by Crippen LogP contribution is 2.52. The Bertz CT molecular complexity index is 599. The van der Waals surface area contributed by atoms with Gasteiger partial charge < -0.3 is 4.18 Å². The molecule has 0 aliphatic heterocycles. The fourth-order valence-electron chi connectivity index (χ4n) is 3.08. The minimum Gasteiger partial charge on any atom is -0.381 e. The molecule has 0 aromatic heterocycles. The van der Waals surface area contributed by atoms with Gasteiger partial charge in [-0.05, 0) is 42.2 Å². The van der Waals surface area contributed by atoms with E-state index in [0.29, 0.717) is 6.42 Å². The van der Waals surface area contributed by atoms with Gasteiger partial charge in [0.15, 0.2) is 0 Å². The van der Waals surface area contributed by atoms with Gasteiger partial charge in [0.1, 0.15) is 5.76 Å². The number of rotatable bonds is 3. The normalized spacial score (nSPS) is 26.9. The monoisotopic (exact) mass is 324 g/mol. The summed E-state index contributed by atoms with van der Waals surface area (Å²) in [7, 11) is -5.57. The highest BCUT2D eigenvalue weighted by atomic mass is 32.2. The molecule has 21 heavy (non-hydrogen) atoms. The third-order valence-electron chi connectivity index (χ3n) is 4.37. The van der Waals surface area contributed by atoms with Gasteiger partial charge in [-0.2, -0.15) is 21.6 Å². The van der Waals surface area contributed by atoms with E-state index in [2.05, 4.69) is 11.1 Å². The Kier molecular flexibility index (Phi) is 3.93. The van der Waals surface area contributed by atoms with Crippen molar-refractivity contribution in [1.82, 2.24) is 0 Å². The minimum absolute atomic E-state index is 0.0749. The predicted octanol–water partition coefficient (Wildman–Crippen LogP) is 4.28. The lowest BCUT2D eigenvalue weighted by molar-refractivity contribution is -0.0524. The van der Waals surface area contributed by atoms with Crippen LogP contribution in [0.15, 0.2) is 23.0 Å². The lowest BCUT2D eigenvalue weighted by Gasteiger charge is -2.32. The van der Waals surface area contributed by atoms with E-state index in [9.17, 15) is 21.6 Å². The molecule has 0 fully saturated rings. The summed E-state index contributed by atoms with van der Waals surface area (Å²) < 4.78 is 63.7.